The molecule has 3 aromatic carbocycles. The van der Waals surface area contributed by atoms with Crippen LogP contribution >= 0.6 is 0 Å². The highest BCUT2D eigenvalue weighted by molar-refractivity contribution is 6.01. The van der Waals surface area contributed by atoms with Gasteiger partial charge in [-0.25, -0.2) is 0 Å². The lowest BCUT2D eigenvalue weighted by molar-refractivity contribution is -0.116. The lowest BCUT2D eigenvalue weighted by atomic mass is 9.78. The van der Waals surface area contributed by atoms with Gasteiger partial charge in [-0.2, -0.15) is 0 Å². The van der Waals surface area contributed by atoms with E-state index in [9.17, 15) is 4.79 Å². The van der Waals surface area contributed by atoms with Crippen LogP contribution in [0.2, 0.25) is 0 Å². The minimum atomic E-state index is -0.268. The van der Waals surface area contributed by atoms with Gasteiger partial charge in [-0.15, -0.1) is 0 Å². The van der Waals surface area contributed by atoms with E-state index in [2.05, 4.69) is 60.0 Å². The SMILES string of the molecule is CCOc1ccccc1[C@H]1Nc2ccccc2NC2=C1C(=O)C[C@H](c1ccc(C)cc1)C2. The van der Waals surface area contributed by atoms with E-state index in [0.29, 0.717) is 13.0 Å². The number of fused-ring (bicyclic) bond motifs is 1. The van der Waals surface area contributed by atoms with Gasteiger partial charge in [0.15, 0.2) is 5.78 Å². The number of anilines is 2. The van der Waals surface area contributed by atoms with Crippen molar-refractivity contribution < 1.29 is 9.53 Å². The van der Waals surface area contributed by atoms with Gasteiger partial charge in [-0.1, -0.05) is 60.2 Å². The first-order valence-electron chi connectivity index (χ1n) is 11.3. The maximum atomic E-state index is 13.7. The molecule has 0 spiro atoms. The van der Waals surface area contributed by atoms with Gasteiger partial charge in [-0.3, -0.25) is 4.79 Å². The molecule has 0 saturated heterocycles. The lowest BCUT2D eigenvalue weighted by Crippen LogP contribution is -2.27. The largest absolute Gasteiger partial charge is 0.494 e. The molecular formula is C28H28N2O2. The van der Waals surface area contributed by atoms with E-state index in [1.807, 2.05) is 37.3 Å². The van der Waals surface area contributed by atoms with Crippen LogP contribution in [0.4, 0.5) is 11.4 Å². The minimum Gasteiger partial charge on any atom is -0.494 e. The zero-order chi connectivity index (χ0) is 22.1. The summed E-state index contributed by atoms with van der Waals surface area (Å²) < 4.78 is 5.94. The van der Waals surface area contributed by atoms with Crippen LogP contribution in [0.1, 0.15) is 48.4 Å². The van der Waals surface area contributed by atoms with E-state index in [1.54, 1.807) is 0 Å². The number of hydrogen-bond acceptors (Lipinski definition) is 4. The number of nitrogens with one attached hydrogen (secondary N) is 2. The minimum absolute atomic E-state index is 0.169. The average molecular weight is 425 g/mol. The van der Waals surface area contributed by atoms with E-state index in [-0.39, 0.29) is 17.7 Å². The van der Waals surface area contributed by atoms with Gasteiger partial charge in [-0.05, 0) is 49.9 Å². The quantitative estimate of drug-likeness (QED) is 0.511. The molecule has 1 heterocycles. The molecule has 1 aliphatic heterocycles. The molecule has 4 nitrogen and oxygen atoms in total. The number of ketones is 1. The van der Waals surface area contributed by atoms with Gasteiger partial charge in [0, 0.05) is 23.3 Å². The van der Waals surface area contributed by atoms with E-state index >= 15 is 0 Å². The number of rotatable bonds is 4. The fourth-order valence-corrected chi connectivity index (χ4v) is 4.81. The number of Topliss-reactive ketones (excluding diaryl/α,β-unsaturated/α-hetero) is 1. The number of allylic oxidation sites excluding steroid dienone is 1. The predicted octanol–water partition coefficient (Wildman–Crippen LogP) is 6.37. The molecule has 0 aromatic heterocycles. The third-order valence-electron chi connectivity index (χ3n) is 6.39. The second-order valence-corrected chi connectivity index (χ2v) is 8.55. The van der Waals surface area contributed by atoms with Gasteiger partial charge in [0.1, 0.15) is 5.75 Å². The number of ether oxygens (including phenoxy) is 1. The fraction of sp³-hybridized carbons (Fsp3) is 0.250. The number of benzene rings is 3. The van der Waals surface area contributed by atoms with Gasteiger partial charge in [0.2, 0.25) is 0 Å². The highest BCUT2D eigenvalue weighted by atomic mass is 16.5. The molecule has 0 radical (unpaired) electrons. The molecule has 0 bridgehead atoms. The molecule has 0 unspecified atom stereocenters. The molecule has 1 aliphatic carbocycles. The Morgan fingerprint density at radius 1 is 0.906 bits per heavy atom. The summed E-state index contributed by atoms with van der Waals surface area (Å²) in [4.78, 5) is 13.7. The maximum absolute atomic E-state index is 13.7. The molecule has 2 N–H and O–H groups in total. The van der Waals surface area contributed by atoms with Crippen molar-refractivity contribution >= 4 is 17.2 Å². The Morgan fingerprint density at radius 2 is 1.62 bits per heavy atom. The summed E-state index contributed by atoms with van der Waals surface area (Å²) in [7, 11) is 0. The van der Waals surface area contributed by atoms with Crippen molar-refractivity contribution in [1.82, 2.24) is 0 Å². The van der Waals surface area contributed by atoms with Crippen LogP contribution in [0, 0.1) is 6.92 Å². The van der Waals surface area contributed by atoms with Crippen LogP contribution in [-0.2, 0) is 4.79 Å². The van der Waals surface area contributed by atoms with E-state index in [0.717, 1.165) is 40.4 Å². The van der Waals surface area contributed by atoms with Crippen molar-refractivity contribution in [3.05, 3.63) is 101 Å². The van der Waals surface area contributed by atoms with Crippen molar-refractivity contribution in [2.75, 3.05) is 17.2 Å². The monoisotopic (exact) mass is 424 g/mol. The van der Waals surface area contributed by atoms with Crippen molar-refractivity contribution in [3.63, 3.8) is 0 Å². The first kappa shape index (κ1) is 20.4. The number of para-hydroxylation sites is 3. The second kappa shape index (κ2) is 8.54. The van der Waals surface area contributed by atoms with Crippen molar-refractivity contribution in [2.24, 2.45) is 0 Å². The molecular weight excluding hydrogens is 396 g/mol. The molecule has 32 heavy (non-hydrogen) atoms. The number of carbonyl (C=O) groups excluding carboxylic acids is 1. The van der Waals surface area contributed by atoms with Gasteiger partial charge in [0.25, 0.3) is 0 Å². The summed E-state index contributed by atoms with van der Waals surface area (Å²) in [5.41, 5.74) is 7.23. The zero-order valence-electron chi connectivity index (χ0n) is 18.5. The van der Waals surface area contributed by atoms with Gasteiger partial charge < -0.3 is 15.4 Å². The Balaban J connectivity index is 1.62. The maximum Gasteiger partial charge on any atom is 0.163 e. The molecule has 5 rings (SSSR count). The average Bonchev–Trinajstić information content (AvgIpc) is 2.97. The summed E-state index contributed by atoms with van der Waals surface area (Å²) in [5.74, 6) is 1.16. The van der Waals surface area contributed by atoms with Crippen LogP contribution in [0.15, 0.2) is 84.1 Å². The van der Waals surface area contributed by atoms with E-state index in [4.69, 9.17) is 4.74 Å². The first-order valence-corrected chi connectivity index (χ1v) is 11.3. The molecule has 0 fully saturated rings. The summed E-state index contributed by atoms with van der Waals surface area (Å²) in [6, 6.07) is 24.5. The van der Waals surface area contributed by atoms with Crippen LogP contribution in [-0.4, -0.2) is 12.4 Å². The van der Waals surface area contributed by atoms with E-state index < -0.39 is 0 Å². The molecule has 0 amide bonds. The van der Waals surface area contributed by atoms with E-state index in [1.165, 1.54) is 11.1 Å². The van der Waals surface area contributed by atoms with Crippen LogP contribution in [0.3, 0.4) is 0 Å². The molecule has 0 saturated carbocycles. The first-order chi connectivity index (χ1) is 15.6. The summed E-state index contributed by atoms with van der Waals surface area (Å²) in [6.45, 7) is 4.65. The number of hydrogen-bond donors (Lipinski definition) is 2. The summed E-state index contributed by atoms with van der Waals surface area (Å²) in [6.07, 6.45) is 1.31. The highest BCUT2D eigenvalue weighted by Crippen LogP contribution is 2.45. The Bertz CT molecular complexity index is 1180. The molecule has 2 aliphatic rings. The second-order valence-electron chi connectivity index (χ2n) is 8.55. The highest BCUT2D eigenvalue weighted by Gasteiger charge is 2.36. The van der Waals surface area contributed by atoms with Crippen LogP contribution in [0.25, 0.3) is 0 Å². The smallest absolute Gasteiger partial charge is 0.163 e. The van der Waals surface area contributed by atoms with Gasteiger partial charge >= 0.3 is 0 Å². The Hall–Kier alpha value is -3.53. The predicted molar refractivity (Wildman–Crippen MR) is 129 cm³/mol. The third-order valence-corrected chi connectivity index (χ3v) is 6.39. The van der Waals surface area contributed by atoms with Crippen LogP contribution in [0.5, 0.6) is 5.75 Å². The fourth-order valence-electron chi connectivity index (χ4n) is 4.81. The summed E-state index contributed by atoms with van der Waals surface area (Å²) >= 11 is 0. The van der Waals surface area contributed by atoms with Crippen LogP contribution < -0.4 is 15.4 Å². The number of aryl methyl sites for hydroxylation is 1. The normalized spacial score (nSPS) is 19.9. The molecule has 162 valence electrons. The molecule has 2 atom stereocenters. The standard InChI is InChI=1S/C28H28N2O2/c1-3-32-26-11-7-4-8-21(26)28-27-24(29-22-9-5-6-10-23(22)30-28)16-20(17-25(27)31)19-14-12-18(2)13-15-19/h4-15,20,28-30H,3,16-17H2,1-2H3/t20-,28-/m1/s1. The molecule has 4 heteroatoms. The Labute approximate surface area is 189 Å². The lowest BCUT2D eigenvalue weighted by Gasteiger charge is -2.30. The topological polar surface area (TPSA) is 50.4 Å². The molecule has 3 aromatic rings. The van der Waals surface area contributed by atoms with Crippen molar-refractivity contribution in [1.29, 1.82) is 0 Å². The Morgan fingerprint density at radius 3 is 2.41 bits per heavy atom. The Kier molecular flexibility index (Phi) is 5.44. The number of carbonyl (C=O) groups is 1. The van der Waals surface area contributed by atoms with Crippen molar-refractivity contribution in [3.8, 4) is 5.75 Å². The van der Waals surface area contributed by atoms with Crippen molar-refractivity contribution in [2.45, 2.75) is 38.6 Å². The third kappa shape index (κ3) is 3.77. The summed E-state index contributed by atoms with van der Waals surface area (Å²) in [5, 5.41) is 7.25. The zero-order valence-corrected chi connectivity index (χ0v) is 18.5. The van der Waals surface area contributed by atoms with Gasteiger partial charge in [0.05, 0.1) is 24.0 Å².